The lowest BCUT2D eigenvalue weighted by Gasteiger charge is -2.02. The fourth-order valence-electron chi connectivity index (χ4n) is 1.40. The van der Waals surface area contributed by atoms with Crippen molar-refractivity contribution >= 4 is 32.4 Å². The van der Waals surface area contributed by atoms with Crippen LogP contribution >= 0.6 is 27.3 Å². The smallest absolute Gasteiger partial charge is 0.180 e. The van der Waals surface area contributed by atoms with E-state index in [-0.39, 0.29) is 0 Å². The molecule has 1 aromatic carbocycles. The van der Waals surface area contributed by atoms with Crippen LogP contribution in [0.2, 0.25) is 0 Å². The predicted octanol–water partition coefficient (Wildman–Crippen LogP) is 2.95. The van der Waals surface area contributed by atoms with Gasteiger partial charge in [-0.1, -0.05) is 22.0 Å². The molecule has 80 valence electrons. The Morgan fingerprint density at radius 1 is 1.50 bits per heavy atom. The van der Waals surface area contributed by atoms with Gasteiger partial charge in [0.2, 0.25) is 0 Å². The molecule has 5 heteroatoms. The maximum absolute atomic E-state index is 9.02. The predicted molar refractivity (Wildman–Crippen MR) is 68.2 cm³/mol. The fourth-order valence-corrected chi connectivity index (χ4v) is 2.47. The molecule has 2 N–H and O–H groups in total. The van der Waals surface area contributed by atoms with E-state index in [4.69, 9.17) is 11.0 Å². The molecular formula is C11H8BrN3S. The molecule has 0 aliphatic carbocycles. The molecule has 0 atom stereocenters. The number of hydrogen-bond acceptors (Lipinski definition) is 4. The minimum absolute atomic E-state index is 0.561. The second kappa shape index (κ2) is 4.64. The van der Waals surface area contributed by atoms with Crippen molar-refractivity contribution in [2.24, 2.45) is 0 Å². The van der Waals surface area contributed by atoms with E-state index < -0.39 is 0 Å². The zero-order chi connectivity index (χ0) is 11.5. The summed E-state index contributed by atoms with van der Waals surface area (Å²) in [5.74, 6) is 0. The molecule has 2 aromatic rings. The van der Waals surface area contributed by atoms with Crippen molar-refractivity contribution in [1.29, 1.82) is 5.26 Å². The van der Waals surface area contributed by atoms with E-state index in [1.165, 1.54) is 11.3 Å². The van der Waals surface area contributed by atoms with Crippen LogP contribution < -0.4 is 5.73 Å². The number of nitrogens with two attached hydrogens (primary N) is 1. The van der Waals surface area contributed by atoms with E-state index in [2.05, 4.69) is 27.0 Å². The quantitative estimate of drug-likeness (QED) is 0.926. The lowest BCUT2D eigenvalue weighted by molar-refractivity contribution is 1.20. The average molecular weight is 294 g/mol. The first kappa shape index (κ1) is 11.1. The maximum Gasteiger partial charge on any atom is 0.180 e. The van der Waals surface area contributed by atoms with Crippen LogP contribution in [0.15, 0.2) is 28.9 Å². The molecular weight excluding hydrogens is 286 g/mol. The van der Waals surface area contributed by atoms with Crippen LogP contribution in [0.1, 0.15) is 16.0 Å². The van der Waals surface area contributed by atoms with Gasteiger partial charge in [0, 0.05) is 22.0 Å². The lowest BCUT2D eigenvalue weighted by Crippen LogP contribution is -1.90. The number of nitrogens with zero attached hydrogens (tertiary/aromatic N) is 2. The molecule has 0 fully saturated rings. The maximum atomic E-state index is 9.02. The highest BCUT2D eigenvalue weighted by Gasteiger charge is 2.06. The number of aromatic nitrogens is 1. The van der Waals surface area contributed by atoms with Crippen LogP contribution in [0.25, 0.3) is 0 Å². The van der Waals surface area contributed by atoms with E-state index in [9.17, 15) is 0 Å². The highest BCUT2D eigenvalue weighted by Crippen LogP contribution is 2.22. The first-order chi connectivity index (χ1) is 7.69. The molecule has 3 nitrogen and oxygen atoms in total. The van der Waals surface area contributed by atoms with Gasteiger partial charge < -0.3 is 5.73 Å². The summed E-state index contributed by atoms with van der Waals surface area (Å²) in [7, 11) is 0. The largest absolute Gasteiger partial charge is 0.375 e. The molecule has 0 saturated heterocycles. The van der Waals surface area contributed by atoms with Gasteiger partial charge in [-0.2, -0.15) is 5.26 Å². The standard InChI is InChI=1S/C11H8BrN3S/c12-9-2-1-7(8(3-9)5-13)4-10-6-15-11(14)16-10/h1-3,6H,4H2,(H2,14,15). The molecule has 0 spiro atoms. The van der Waals surface area contributed by atoms with Crippen LogP contribution in [0, 0.1) is 11.3 Å². The molecule has 0 bridgehead atoms. The van der Waals surface area contributed by atoms with Gasteiger partial charge in [0.15, 0.2) is 5.13 Å². The summed E-state index contributed by atoms with van der Waals surface area (Å²) in [5.41, 5.74) is 7.24. The van der Waals surface area contributed by atoms with Crippen LogP contribution in [0.3, 0.4) is 0 Å². The Morgan fingerprint density at radius 3 is 2.94 bits per heavy atom. The number of rotatable bonds is 2. The summed E-state index contributed by atoms with van der Waals surface area (Å²) in [6.45, 7) is 0. The van der Waals surface area contributed by atoms with Crippen LogP contribution in [0.5, 0.6) is 0 Å². The number of hydrogen-bond donors (Lipinski definition) is 1. The Balaban J connectivity index is 2.31. The monoisotopic (exact) mass is 293 g/mol. The molecule has 0 aliphatic heterocycles. The van der Waals surface area contributed by atoms with Gasteiger partial charge in [0.05, 0.1) is 11.6 Å². The second-order valence-electron chi connectivity index (χ2n) is 3.25. The van der Waals surface area contributed by atoms with Gasteiger partial charge in [-0.15, -0.1) is 11.3 Å². The highest BCUT2D eigenvalue weighted by molar-refractivity contribution is 9.10. The lowest BCUT2D eigenvalue weighted by atomic mass is 10.1. The number of thiazole rings is 1. The molecule has 1 heterocycles. The van der Waals surface area contributed by atoms with E-state index in [1.54, 1.807) is 6.20 Å². The van der Waals surface area contributed by atoms with E-state index in [0.717, 1.165) is 14.9 Å². The van der Waals surface area contributed by atoms with Gasteiger partial charge in [0.1, 0.15) is 0 Å². The summed E-state index contributed by atoms with van der Waals surface area (Å²) in [6.07, 6.45) is 2.45. The Morgan fingerprint density at radius 2 is 2.31 bits per heavy atom. The Bertz CT molecular complexity index is 557. The number of anilines is 1. The summed E-state index contributed by atoms with van der Waals surface area (Å²) < 4.78 is 0.914. The summed E-state index contributed by atoms with van der Waals surface area (Å²) >= 11 is 4.80. The summed E-state index contributed by atoms with van der Waals surface area (Å²) in [4.78, 5) is 5.06. The number of halogens is 1. The Kier molecular flexibility index (Phi) is 3.22. The van der Waals surface area contributed by atoms with Gasteiger partial charge in [-0.25, -0.2) is 4.98 Å². The van der Waals surface area contributed by atoms with Gasteiger partial charge in [-0.05, 0) is 17.7 Å². The minimum atomic E-state index is 0.561. The zero-order valence-electron chi connectivity index (χ0n) is 8.27. The van der Waals surface area contributed by atoms with E-state index in [1.807, 2.05) is 18.2 Å². The number of nitriles is 1. The van der Waals surface area contributed by atoms with Crippen LogP contribution in [-0.2, 0) is 6.42 Å². The molecule has 0 aliphatic rings. The molecule has 16 heavy (non-hydrogen) atoms. The molecule has 0 radical (unpaired) electrons. The Hall–Kier alpha value is -1.38. The van der Waals surface area contributed by atoms with Crippen molar-refractivity contribution in [1.82, 2.24) is 4.98 Å². The van der Waals surface area contributed by atoms with Crippen molar-refractivity contribution in [2.45, 2.75) is 6.42 Å². The average Bonchev–Trinajstić information content (AvgIpc) is 2.67. The van der Waals surface area contributed by atoms with Crippen LogP contribution in [-0.4, -0.2) is 4.98 Å². The first-order valence-corrected chi connectivity index (χ1v) is 6.18. The molecule has 0 saturated carbocycles. The second-order valence-corrected chi connectivity index (χ2v) is 5.32. The van der Waals surface area contributed by atoms with Gasteiger partial charge >= 0.3 is 0 Å². The number of benzene rings is 1. The molecule has 0 amide bonds. The topological polar surface area (TPSA) is 62.7 Å². The molecule has 1 aromatic heterocycles. The van der Waals surface area contributed by atoms with Crippen molar-refractivity contribution in [2.75, 3.05) is 5.73 Å². The van der Waals surface area contributed by atoms with Gasteiger partial charge in [0.25, 0.3) is 0 Å². The Labute approximate surface area is 106 Å². The fraction of sp³-hybridized carbons (Fsp3) is 0.0909. The number of nitrogen functional groups attached to an aromatic ring is 1. The zero-order valence-corrected chi connectivity index (χ0v) is 10.7. The van der Waals surface area contributed by atoms with Crippen molar-refractivity contribution in [3.63, 3.8) is 0 Å². The minimum Gasteiger partial charge on any atom is -0.375 e. The van der Waals surface area contributed by atoms with Crippen molar-refractivity contribution in [3.05, 3.63) is 44.9 Å². The van der Waals surface area contributed by atoms with Crippen LogP contribution in [0.4, 0.5) is 5.13 Å². The molecule has 0 unspecified atom stereocenters. The SMILES string of the molecule is N#Cc1cc(Br)ccc1Cc1cnc(N)s1. The van der Waals surface area contributed by atoms with E-state index >= 15 is 0 Å². The summed E-state index contributed by atoms with van der Waals surface area (Å²) in [6, 6.07) is 7.88. The summed E-state index contributed by atoms with van der Waals surface area (Å²) in [5, 5.41) is 9.58. The third kappa shape index (κ3) is 2.40. The highest BCUT2D eigenvalue weighted by atomic mass is 79.9. The third-order valence-corrected chi connectivity index (χ3v) is 3.45. The third-order valence-electron chi connectivity index (χ3n) is 2.13. The first-order valence-electron chi connectivity index (χ1n) is 4.58. The molecule has 2 rings (SSSR count). The van der Waals surface area contributed by atoms with Gasteiger partial charge in [-0.3, -0.25) is 0 Å². The van der Waals surface area contributed by atoms with E-state index in [0.29, 0.717) is 17.1 Å². The van der Waals surface area contributed by atoms with Crippen molar-refractivity contribution < 1.29 is 0 Å². The van der Waals surface area contributed by atoms with Crippen molar-refractivity contribution in [3.8, 4) is 6.07 Å². The normalized spacial score (nSPS) is 10.0.